The lowest BCUT2D eigenvalue weighted by molar-refractivity contribution is 0.0589. The molecule has 4 aromatic rings. The molecular weight excluding hydrogens is 492 g/mol. The Labute approximate surface area is 220 Å². The number of methoxy groups -OCH3 is 1. The number of hydrogen-bond acceptors (Lipinski definition) is 5. The third kappa shape index (κ3) is 6.07. The number of para-hydroxylation sites is 1. The molecule has 37 heavy (non-hydrogen) atoms. The second kappa shape index (κ2) is 12.9. The van der Waals surface area contributed by atoms with Crippen LogP contribution in [0.5, 0.6) is 0 Å². The van der Waals surface area contributed by atoms with E-state index in [0.29, 0.717) is 27.2 Å². The maximum absolute atomic E-state index is 13.6. The fourth-order valence-electron chi connectivity index (χ4n) is 3.98. The van der Waals surface area contributed by atoms with Crippen molar-refractivity contribution in [2.75, 3.05) is 20.3 Å². The Bertz CT molecular complexity index is 1450. The summed E-state index contributed by atoms with van der Waals surface area (Å²) < 4.78 is 6.79. The van der Waals surface area contributed by atoms with Crippen molar-refractivity contribution in [3.05, 3.63) is 110 Å². The number of nitrogens with one attached hydrogen (secondary N) is 1. The van der Waals surface area contributed by atoms with Crippen LogP contribution in [0.25, 0.3) is 16.6 Å². The zero-order chi connectivity index (χ0) is 26.9. The third-order valence-electron chi connectivity index (χ3n) is 5.62. The number of nitrogens with zero attached hydrogens (tertiary/aromatic N) is 1. The molecule has 0 bridgehead atoms. The zero-order valence-electron chi connectivity index (χ0n) is 21.0. The molecule has 0 spiro atoms. The van der Waals surface area contributed by atoms with Crippen LogP contribution in [0.2, 0.25) is 5.02 Å². The molecule has 7 nitrogen and oxygen atoms in total. The molecule has 0 saturated heterocycles. The number of rotatable bonds is 7. The second-order valence-corrected chi connectivity index (χ2v) is 8.27. The zero-order valence-corrected chi connectivity index (χ0v) is 21.7. The van der Waals surface area contributed by atoms with Crippen molar-refractivity contribution in [2.24, 2.45) is 0 Å². The van der Waals surface area contributed by atoms with Gasteiger partial charge in [0.25, 0.3) is 5.91 Å². The van der Waals surface area contributed by atoms with Crippen molar-refractivity contribution in [1.29, 1.82) is 0 Å². The Morgan fingerprint density at radius 1 is 1.00 bits per heavy atom. The van der Waals surface area contributed by atoms with E-state index in [4.69, 9.17) is 21.4 Å². The molecule has 0 saturated carbocycles. The Morgan fingerprint density at radius 2 is 1.68 bits per heavy atom. The van der Waals surface area contributed by atoms with E-state index in [9.17, 15) is 14.4 Å². The number of carbonyl (C=O) groups is 2. The van der Waals surface area contributed by atoms with Gasteiger partial charge in [-0.2, -0.15) is 0 Å². The van der Waals surface area contributed by atoms with Crippen LogP contribution in [0.15, 0.2) is 77.6 Å². The van der Waals surface area contributed by atoms with Crippen LogP contribution in [0.4, 0.5) is 0 Å². The number of hydrogen-bond donors (Lipinski definition) is 2. The molecule has 4 rings (SSSR count). The van der Waals surface area contributed by atoms with Crippen LogP contribution < -0.4 is 10.7 Å². The maximum atomic E-state index is 13.6. The first-order chi connectivity index (χ1) is 17.9. The van der Waals surface area contributed by atoms with E-state index < -0.39 is 5.97 Å². The van der Waals surface area contributed by atoms with Crippen LogP contribution in [0, 0.1) is 0 Å². The summed E-state index contributed by atoms with van der Waals surface area (Å²) in [5, 5.41) is 12.3. The lowest BCUT2D eigenvalue weighted by atomic mass is 9.98. The highest BCUT2D eigenvalue weighted by molar-refractivity contribution is 6.31. The van der Waals surface area contributed by atoms with Crippen molar-refractivity contribution in [3.63, 3.8) is 0 Å². The summed E-state index contributed by atoms with van der Waals surface area (Å²) in [6.45, 7) is 4.00. The number of pyridine rings is 1. The largest absolute Gasteiger partial charge is 0.464 e. The van der Waals surface area contributed by atoms with E-state index >= 15 is 0 Å². The Morgan fingerprint density at radius 3 is 2.30 bits per heavy atom. The van der Waals surface area contributed by atoms with Crippen LogP contribution in [0.3, 0.4) is 0 Å². The molecule has 0 aliphatic heterocycles. The molecule has 0 aliphatic rings. The first kappa shape index (κ1) is 27.6. The maximum Gasteiger partial charge on any atom is 0.355 e. The molecule has 1 heterocycles. The number of benzene rings is 3. The fourth-order valence-corrected chi connectivity index (χ4v) is 4.14. The summed E-state index contributed by atoms with van der Waals surface area (Å²) >= 11 is 6.26. The molecule has 0 unspecified atom stereocenters. The monoisotopic (exact) mass is 520 g/mol. The van der Waals surface area contributed by atoms with E-state index in [1.54, 1.807) is 47.0 Å². The lowest BCUT2D eigenvalue weighted by Gasteiger charge is -2.19. The summed E-state index contributed by atoms with van der Waals surface area (Å²) in [6.07, 6.45) is 0.146. The van der Waals surface area contributed by atoms with Gasteiger partial charge in [0, 0.05) is 40.2 Å². The quantitative estimate of drug-likeness (QED) is 0.342. The Kier molecular flexibility index (Phi) is 9.60. The van der Waals surface area contributed by atoms with Gasteiger partial charge in [-0.1, -0.05) is 55.8 Å². The molecule has 1 aromatic heterocycles. The predicted molar refractivity (Wildman–Crippen MR) is 146 cm³/mol. The van der Waals surface area contributed by atoms with Gasteiger partial charge in [-0.25, -0.2) is 4.79 Å². The van der Waals surface area contributed by atoms with Gasteiger partial charge in [-0.3, -0.25) is 9.59 Å². The number of halogens is 1. The second-order valence-electron chi connectivity index (χ2n) is 7.83. The number of ether oxygens (including phenoxy) is 1. The Hall–Kier alpha value is -3.94. The van der Waals surface area contributed by atoms with Gasteiger partial charge in [-0.05, 0) is 48.0 Å². The average molecular weight is 521 g/mol. The minimum absolute atomic E-state index is 0.114. The van der Waals surface area contributed by atoms with Crippen LogP contribution >= 0.6 is 11.6 Å². The van der Waals surface area contributed by atoms with Gasteiger partial charge < -0.3 is 19.7 Å². The number of carbonyl (C=O) groups excluding carboxylic acids is 2. The smallest absolute Gasteiger partial charge is 0.355 e. The minimum Gasteiger partial charge on any atom is -0.464 e. The molecule has 0 fully saturated rings. The molecular formula is C29H29ClN2O5. The van der Waals surface area contributed by atoms with Gasteiger partial charge in [0.2, 0.25) is 0 Å². The van der Waals surface area contributed by atoms with E-state index in [1.165, 1.54) is 7.11 Å². The van der Waals surface area contributed by atoms with Crippen molar-refractivity contribution in [1.82, 2.24) is 9.88 Å². The average Bonchev–Trinajstić information content (AvgIpc) is 2.94. The van der Waals surface area contributed by atoms with E-state index in [2.05, 4.69) is 5.32 Å². The normalized spacial score (nSPS) is 10.4. The molecule has 1 amide bonds. The third-order valence-corrected chi connectivity index (χ3v) is 5.85. The van der Waals surface area contributed by atoms with Crippen LogP contribution in [-0.4, -0.2) is 41.8 Å². The van der Waals surface area contributed by atoms with E-state index in [-0.39, 0.29) is 42.2 Å². The van der Waals surface area contributed by atoms with E-state index in [0.717, 1.165) is 5.56 Å². The number of fused-ring (bicyclic) bond motifs is 1. The summed E-state index contributed by atoms with van der Waals surface area (Å²) in [5.74, 6) is -0.960. The number of esters is 1. The van der Waals surface area contributed by atoms with Gasteiger partial charge >= 0.3 is 5.97 Å². The van der Waals surface area contributed by atoms with Gasteiger partial charge in [0.05, 0.1) is 19.2 Å². The topological polar surface area (TPSA) is 97.6 Å². The van der Waals surface area contributed by atoms with E-state index in [1.807, 2.05) is 44.2 Å². The van der Waals surface area contributed by atoms with Crippen LogP contribution in [0.1, 0.15) is 45.8 Å². The SMILES string of the molecule is CC.COC(=O)c1c(Cc2ccc(C(=O)NCCO)cc2)c(=O)c2ccc(Cl)cc2n1-c1ccccc1. The van der Waals surface area contributed by atoms with Crippen molar-refractivity contribution < 1.29 is 19.4 Å². The van der Waals surface area contributed by atoms with Crippen molar-refractivity contribution >= 4 is 34.4 Å². The summed E-state index contributed by atoms with van der Waals surface area (Å²) in [5.41, 5.74) is 2.42. The first-order valence-corrected chi connectivity index (χ1v) is 12.3. The van der Waals surface area contributed by atoms with Gasteiger partial charge in [0.1, 0.15) is 5.69 Å². The molecule has 3 aromatic carbocycles. The highest BCUT2D eigenvalue weighted by Crippen LogP contribution is 2.26. The number of aromatic nitrogens is 1. The summed E-state index contributed by atoms with van der Waals surface area (Å²) in [6, 6.07) is 20.9. The molecule has 0 radical (unpaired) electrons. The number of aliphatic hydroxyl groups is 1. The fraction of sp³-hybridized carbons (Fsp3) is 0.207. The summed E-state index contributed by atoms with van der Waals surface area (Å²) in [4.78, 5) is 38.8. The Balaban J connectivity index is 0.00000186. The van der Waals surface area contributed by atoms with Crippen molar-refractivity contribution in [2.45, 2.75) is 20.3 Å². The predicted octanol–water partition coefficient (Wildman–Crippen LogP) is 4.77. The van der Waals surface area contributed by atoms with Gasteiger partial charge in [0.15, 0.2) is 5.43 Å². The molecule has 0 aliphatic carbocycles. The summed E-state index contributed by atoms with van der Waals surface area (Å²) in [7, 11) is 1.27. The highest BCUT2D eigenvalue weighted by atomic mass is 35.5. The first-order valence-electron chi connectivity index (χ1n) is 11.9. The van der Waals surface area contributed by atoms with Gasteiger partial charge in [-0.15, -0.1) is 0 Å². The van der Waals surface area contributed by atoms with Crippen molar-refractivity contribution in [3.8, 4) is 5.69 Å². The number of amides is 1. The minimum atomic E-state index is -0.650. The highest BCUT2D eigenvalue weighted by Gasteiger charge is 2.24. The molecule has 2 N–H and O–H groups in total. The standard InChI is InChI=1S/C27H23ClN2O5.C2H6/c1-35-27(34)24-22(15-17-7-9-18(10-8-17)26(33)29-13-14-31)25(32)21-12-11-19(28)16-23(21)30(24)20-5-3-2-4-6-20;1-2/h2-12,16,31H,13-15H2,1H3,(H,29,33);1-2H3. The lowest BCUT2D eigenvalue weighted by Crippen LogP contribution is -2.26. The molecule has 0 atom stereocenters. The number of aliphatic hydroxyl groups excluding tert-OH is 1. The molecule has 8 heteroatoms. The van der Waals surface area contributed by atoms with Crippen LogP contribution in [-0.2, 0) is 11.2 Å². The molecule has 192 valence electrons.